The summed E-state index contributed by atoms with van der Waals surface area (Å²) < 4.78 is 17.5. The number of benzene rings is 4. The second-order valence-corrected chi connectivity index (χ2v) is 9.64. The summed E-state index contributed by atoms with van der Waals surface area (Å²) in [5.74, 6) is -0.268. The van der Waals surface area contributed by atoms with Crippen molar-refractivity contribution in [1.82, 2.24) is 5.32 Å². The fourth-order valence-electron chi connectivity index (χ4n) is 4.23. The van der Waals surface area contributed by atoms with E-state index < -0.39 is 17.8 Å². The highest BCUT2D eigenvalue weighted by Gasteiger charge is 2.37. The molecule has 4 aromatic carbocycles. The van der Waals surface area contributed by atoms with Crippen LogP contribution in [-0.4, -0.2) is 30.1 Å². The molecule has 5 rings (SSSR count). The molecule has 4 amide bonds. The van der Waals surface area contributed by atoms with Crippen molar-refractivity contribution >= 4 is 41.2 Å². The van der Waals surface area contributed by atoms with Gasteiger partial charge >= 0.3 is 6.03 Å². The molecule has 0 unspecified atom stereocenters. The van der Waals surface area contributed by atoms with Crippen molar-refractivity contribution in [2.75, 3.05) is 12.0 Å². The van der Waals surface area contributed by atoms with Crippen LogP contribution in [0.15, 0.2) is 96.6 Å². The quantitative estimate of drug-likeness (QED) is 0.186. The predicted octanol–water partition coefficient (Wildman–Crippen LogP) is 5.88. The standard InChI is InChI=1S/C32H25ClN2O7/c1-40-29-15-21(7-13-28(29)42-18-20-5-3-2-4-6-20)19-41-27-14-8-23(33)16-22(27)17-26-30(37)34-32(39)35(31(26)38)24-9-11-25(36)12-10-24/h2-17,36H,18-19H2,1H3,(H,34,37,39)/b26-17-. The average Bonchev–Trinajstić information content (AvgIpc) is 2.99. The minimum Gasteiger partial charge on any atom is -0.508 e. The Labute approximate surface area is 246 Å². The van der Waals surface area contributed by atoms with Crippen LogP contribution in [0.5, 0.6) is 23.0 Å². The first-order chi connectivity index (χ1) is 20.3. The molecule has 1 aliphatic heterocycles. The van der Waals surface area contributed by atoms with Crippen LogP contribution < -0.4 is 24.4 Å². The number of nitrogens with one attached hydrogen (secondary N) is 1. The molecule has 0 aliphatic carbocycles. The number of amides is 4. The number of ether oxygens (including phenoxy) is 3. The number of barbiturate groups is 1. The Morgan fingerprint density at radius 1 is 0.810 bits per heavy atom. The highest BCUT2D eigenvalue weighted by Crippen LogP contribution is 2.32. The summed E-state index contributed by atoms with van der Waals surface area (Å²) in [6.45, 7) is 0.517. The highest BCUT2D eigenvalue weighted by atomic mass is 35.5. The van der Waals surface area contributed by atoms with E-state index in [1.54, 1.807) is 37.4 Å². The summed E-state index contributed by atoms with van der Waals surface area (Å²) in [5.41, 5.74) is 2.05. The fourth-order valence-corrected chi connectivity index (χ4v) is 4.41. The third-order valence-corrected chi connectivity index (χ3v) is 6.58. The molecule has 0 saturated carbocycles. The summed E-state index contributed by atoms with van der Waals surface area (Å²) >= 11 is 6.23. The molecule has 1 aliphatic rings. The van der Waals surface area contributed by atoms with Gasteiger partial charge in [-0.1, -0.05) is 48.0 Å². The van der Waals surface area contributed by atoms with E-state index in [4.69, 9.17) is 25.8 Å². The number of methoxy groups -OCH3 is 1. The zero-order valence-corrected chi connectivity index (χ0v) is 23.1. The van der Waals surface area contributed by atoms with Crippen molar-refractivity contribution in [3.63, 3.8) is 0 Å². The second-order valence-electron chi connectivity index (χ2n) is 9.20. The number of carbonyl (C=O) groups excluding carboxylic acids is 3. The number of anilines is 1. The van der Waals surface area contributed by atoms with Gasteiger partial charge in [0.25, 0.3) is 11.8 Å². The van der Waals surface area contributed by atoms with Crippen LogP contribution in [0.4, 0.5) is 10.5 Å². The van der Waals surface area contributed by atoms with Gasteiger partial charge < -0.3 is 19.3 Å². The molecule has 212 valence electrons. The monoisotopic (exact) mass is 584 g/mol. The van der Waals surface area contributed by atoms with Gasteiger partial charge in [-0.05, 0) is 71.8 Å². The van der Waals surface area contributed by atoms with E-state index in [1.165, 1.54) is 30.3 Å². The molecule has 2 N–H and O–H groups in total. The molecule has 0 spiro atoms. The minimum atomic E-state index is -0.902. The number of hydrogen-bond acceptors (Lipinski definition) is 7. The summed E-state index contributed by atoms with van der Waals surface area (Å²) in [4.78, 5) is 39.3. The largest absolute Gasteiger partial charge is 0.508 e. The van der Waals surface area contributed by atoms with Gasteiger partial charge in [0.1, 0.15) is 30.3 Å². The lowest BCUT2D eigenvalue weighted by molar-refractivity contribution is -0.122. The van der Waals surface area contributed by atoms with Gasteiger partial charge in [0.2, 0.25) is 0 Å². The molecule has 42 heavy (non-hydrogen) atoms. The van der Waals surface area contributed by atoms with Crippen LogP contribution in [0.2, 0.25) is 5.02 Å². The number of aromatic hydroxyl groups is 1. The van der Waals surface area contributed by atoms with E-state index in [0.29, 0.717) is 34.4 Å². The molecule has 10 heteroatoms. The second kappa shape index (κ2) is 12.5. The summed E-state index contributed by atoms with van der Waals surface area (Å²) in [6, 6.07) is 24.5. The first kappa shape index (κ1) is 28.3. The Bertz CT molecular complexity index is 1670. The molecule has 1 fully saturated rings. The summed E-state index contributed by atoms with van der Waals surface area (Å²) in [7, 11) is 1.55. The first-order valence-corrected chi connectivity index (χ1v) is 13.2. The van der Waals surface area contributed by atoms with Gasteiger partial charge in [0.05, 0.1) is 12.8 Å². The maximum Gasteiger partial charge on any atom is 0.335 e. The van der Waals surface area contributed by atoms with E-state index in [9.17, 15) is 19.5 Å². The molecule has 0 bridgehead atoms. The number of nitrogens with zero attached hydrogens (tertiary/aromatic N) is 1. The lowest BCUT2D eigenvalue weighted by Gasteiger charge is -2.26. The van der Waals surface area contributed by atoms with Crippen LogP contribution in [-0.2, 0) is 22.8 Å². The van der Waals surface area contributed by atoms with Gasteiger partial charge in [0.15, 0.2) is 11.5 Å². The number of halogens is 1. The van der Waals surface area contributed by atoms with Gasteiger partial charge in [-0.15, -0.1) is 0 Å². The van der Waals surface area contributed by atoms with Gasteiger partial charge in [-0.25, -0.2) is 9.69 Å². The molecule has 0 aromatic heterocycles. The Hall–Kier alpha value is -5.28. The predicted molar refractivity (Wildman–Crippen MR) is 157 cm³/mol. The van der Waals surface area contributed by atoms with Gasteiger partial charge in [0, 0.05) is 10.6 Å². The molecular weight excluding hydrogens is 560 g/mol. The molecule has 0 atom stereocenters. The lowest BCUT2D eigenvalue weighted by Crippen LogP contribution is -2.54. The van der Waals surface area contributed by atoms with E-state index in [-0.39, 0.29) is 23.6 Å². The average molecular weight is 585 g/mol. The molecular formula is C32H25ClN2O7. The Morgan fingerprint density at radius 2 is 1.50 bits per heavy atom. The molecule has 0 radical (unpaired) electrons. The number of phenols is 1. The molecule has 1 saturated heterocycles. The Balaban J connectivity index is 1.36. The van der Waals surface area contributed by atoms with Crippen molar-refractivity contribution in [2.24, 2.45) is 0 Å². The van der Waals surface area contributed by atoms with E-state index >= 15 is 0 Å². The van der Waals surface area contributed by atoms with E-state index in [1.807, 2.05) is 36.4 Å². The number of hydrogen-bond donors (Lipinski definition) is 2. The number of phenolic OH excluding ortho intramolecular Hbond substituents is 1. The maximum absolute atomic E-state index is 13.3. The SMILES string of the molecule is COc1cc(COc2ccc(Cl)cc2/C=C2/C(=O)NC(=O)N(c3ccc(O)cc3)C2=O)ccc1OCc1ccccc1. The van der Waals surface area contributed by atoms with Crippen LogP contribution in [0, 0.1) is 0 Å². The highest BCUT2D eigenvalue weighted by molar-refractivity contribution is 6.39. The van der Waals surface area contributed by atoms with E-state index in [0.717, 1.165) is 16.0 Å². The third kappa shape index (κ3) is 6.37. The zero-order valence-electron chi connectivity index (χ0n) is 22.4. The Morgan fingerprint density at radius 3 is 2.24 bits per heavy atom. The van der Waals surface area contributed by atoms with Crippen molar-refractivity contribution in [2.45, 2.75) is 13.2 Å². The normalized spacial score (nSPS) is 14.1. The fraction of sp³-hybridized carbons (Fsp3) is 0.0938. The molecule has 4 aromatic rings. The number of rotatable bonds is 9. The maximum atomic E-state index is 13.3. The van der Waals surface area contributed by atoms with Crippen molar-refractivity contribution in [1.29, 1.82) is 0 Å². The van der Waals surface area contributed by atoms with Crippen LogP contribution in [0.25, 0.3) is 6.08 Å². The number of imide groups is 2. The van der Waals surface area contributed by atoms with Crippen LogP contribution >= 0.6 is 11.6 Å². The number of carbonyl (C=O) groups is 3. The number of urea groups is 1. The topological polar surface area (TPSA) is 114 Å². The summed E-state index contributed by atoms with van der Waals surface area (Å²) in [6.07, 6.45) is 1.32. The van der Waals surface area contributed by atoms with Gasteiger partial charge in [-0.2, -0.15) is 0 Å². The summed E-state index contributed by atoms with van der Waals surface area (Å²) in [5, 5.41) is 12.1. The smallest absolute Gasteiger partial charge is 0.335 e. The third-order valence-electron chi connectivity index (χ3n) is 6.34. The van der Waals surface area contributed by atoms with Crippen molar-refractivity contribution in [3.05, 3.63) is 118 Å². The minimum absolute atomic E-state index is 0.0388. The Kier molecular flexibility index (Phi) is 8.40. The van der Waals surface area contributed by atoms with Crippen LogP contribution in [0.1, 0.15) is 16.7 Å². The molecule has 9 nitrogen and oxygen atoms in total. The van der Waals surface area contributed by atoms with E-state index in [2.05, 4.69) is 5.32 Å². The zero-order chi connectivity index (χ0) is 29.6. The lowest BCUT2D eigenvalue weighted by atomic mass is 10.1. The van der Waals surface area contributed by atoms with Crippen LogP contribution in [0.3, 0.4) is 0 Å². The first-order valence-electron chi connectivity index (χ1n) is 12.8. The van der Waals surface area contributed by atoms with Crippen molar-refractivity contribution in [3.8, 4) is 23.0 Å². The van der Waals surface area contributed by atoms with Crippen molar-refractivity contribution < 1.29 is 33.7 Å². The van der Waals surface area contributed by atoms with Gasteiger partial charge in [-0.3, -0.25) is 14.9 Å². The molecule has 1 heterocycles.